The Morgan fingerprint density at radius 3 is 2.52 bits per heavy atom. The highest BCUT2D eigenvalue weighted by molar-refractivity contribution is 9.10. The molecule has 0 heterocycles. The molecule has 0 saturated carbocycles. The third kappa shape index (κ3) is 5.06. The summed E-state index contributed by atoms with van der Waals surface area (Å²) in [5.41, 5.74) is 3.40. The first-order chi connectivity index (χ1) is 11.9. The van der Waals surface area contributed by atoms with Crippen LogP contribution >= 0.6 is 15.9 Å². The molecule has 6 heteroatoms. The highest BCUT2D eigenvalue weighted by atomic mass is 79.9. The summed E-state index contributed by atoms with van der Waals surface area (Å²) in [5.74, 6) is 0.569. The van der Waals surface area contributed by atoms with Gasteiger partial charge in [-0.3, -0.25) is 9.59 Å². The van der Waals surface area contributed by atoms with Crippen molar-refractivity contribution in [1.82, 2.24) is 0 Å². The van der Waals surface area contributed by atoms with Crippen LogP contribution in [0.2, 0.25) is 0 Å². The molecule has 0 aliphatic heterocycles. The molecule has 0 fully saturated rings. The number of anilines is 1. The quantitative estimate of drug-likeness (QED) is 0.697. The van der Waals surface area contributed by atoms with E-state index in [0.29, 0.717) is 29.4 Å². The second kappa shape index (κ2) is 8.67. The standard InChI is InChI=1S/C19H20BrNO4/c1-4-24-18-9-14(10-22)5-6-17(18)25-11-19(23)21-16-8-13(3)12(2)7-15(16)20/h5-10H,4,11H2,1-3H3,(H,21,23). The number of benzene rings is 2. The van der Waals surface area contributed by atoms with Gasteiger partial charge in [0.1, 0.15) is 6.29 Å². The van der Waals surface area contributed by atoms with E-state index >= 15 is 0 Å². The van der Waals surface area contributed by atoms with Crippen LogP contribution in [0.15, 0.2) is 34.8 Å². The molecule has 0 aliphatic carbocycles. The van der Waals surface area contributed by atoms with Crippen LogP contribution in [0.4, 0.5) is 5.69 Å². The normalized spacial score (nSPS) is 10.2. The Hall–Kier alpha value is -2.34. The molecule has 132 valence electrons. The summed E-state index contributed by atoms with van der Waals surface area (Å²) in [5, 5.41) is 2.81. The summed E-state index contributed by atoms with van der Waals surface area (Å²) in [6.45, 7) is 6.09. The number of carbonyl (C=O) groups excluding carboxylic acids is 2. The van der Waals surface area contributed by atoms with Gasteiger partial charge in [0, 0.05) is 10.0 Å². The number of nitrogens with one attached hydrogen (secondary N) is 1. The smallest absolute Gasteiger partial charge is 0.262 e. The average Bonchev–Trinajstić information content (AvgIpc) is 2.58. The molecule has 0 spiro atoms. The predicted molar refractivity (Wildman–Crippen MR) is 101 cm³/mol. The van der Waals surface area contributed by atoms with E-state index in [4.69, 9.17) is 9.47 Å². The molecule has 1 N–H and O–H groups in total. The van der Waals surface area contributed by atoms with Gasteiger partial charge in [0.15, 0.2) is 18.1 Å². The van der Waals surface area contributed by atoms with Crippen molar-refractivity contribution < 1.29 is 19.1 Å². The lowest BCUT2D eigenvalue weighted by Gasteiger charge is -2.13. The van der Waals surface area contributed by atoms with Crippen LogP contribution in [-0.4, -0.2) is 25.4 Å². The fraction of sp³-hybridized carbons (Fsp3) is 0.263. The van der Waals surface area contributed by atoms with Crippen LogP contribution in [-0.2, 0) is 4.79 Å². The Bertz CT molecular complexity index is 789. The van der Waals surface area contributed by atoms with E-state index in [1.807, 2.05) is 32.9 Å². The van der Waals surface area contributed by atoms with Gasteiger partial charge in [-0.25, -0.2) is 0 Å². The van der Waals surface area contributed by atoms with Gasteiger partial charge >= 0.3 is 0 Å². The summed E-state index contributed by atoms with van der Waals surface area (Å²) in [6, 6.07) is 8.68. The van der Waals surface area contributed by atoms with Crippen molar-refractivity contribution in [2.75, 3.05) is 18.5 Å². The molecule has 2 aromatic carbocycles. The zero-order valence-corrected chi connectivity index (χ0v) is 16.0. The second-order valence-corrected chi connectivity index (χ2v) is 6.36. The molecule has 25 heavy (non-hydrogen) atoms. The Morgan fingerprint density at radius 1 is 1.12 bits per heavy atom. The fourth-order valence-electron chi connectivity index (χ4n) is 2.19. The van der Waals surface area contributed by atoms with Gasteiger partial charge in [-0.2, -0.15) is 0 Å². The third-order valence-corrected chi connectivity index (χ3v) is 4.28. The van der Waals surface area contributed by atoms with Crippen LogP contribution in [0.3, 0.4) is 0 Å². The lowest BCUT2D eigenvalue weighted by molar-refractivity contribution is -0.118. The summed E-state index contributed by atoms with van der Waals surface area (Å²) in [4.78, 5) is 23.0. The van der Waals surface area contributed by atoms with E-state index in [1.54, 1.807) is 18.2 Å². The highest BCUT2D eigenvalue weighted by Crippen LogP contribution is 2.29. The molecule has 0 atom stereocenters. The minimum absolute atomic E-state index is 0.167. The van der Waals surface area contributed by atoms with Gasteiger partial charge in [-0.1, -0.05) is 0 Å². The maximum Gasteiger partial charge on any atom is 0.262 e. The number of aryl methyl sites for hydroxylation is 2. The first-order valence-electron chi connectivity index (χ1n) is 7.86. The zero-order valence-electron chi connectivity index (χ0n) is 14.4. The van der Waals surface area contributed by atoms with Gasteiger partial charge in [-0.15, -0.1) is 0 Å². The van der Waals surface area contributed by atoms with Crippen LogP contribution in [0, 0.1) is 13.8 Å². The monoisotopic (exact) mass is 405 g/mol. The minimum atomic E-state index is -0.286. The summed E-state index contributed by atoms with van der Waals surface area (Å²) in [6.07, 6.45) is 0.732. The average molecular weight is 406 g/mol. The molecule has 0 unspecified atom stereocenters. The van der Waals surface area contributed by atoms with E-state index < -0.39 is 0 Å². The molecule has 2 aromatic rings. The first-order valence-corrected chi connectivity index (χ1v) is 8.65. The van der Waals surface area contributed by atoms with E-state index in [1.165, 1.54) is 0 Å². The van der Waals surface area contributed by atoms with Crippen molar-refractivity contribution in [2.45, 2.75) is 20.8 Å². The number of amides is 1. The zero-order chi connectivity index (χ0) is 18.4. The van der Waals surface area contributed by atoms with Crippen LogP contribution in [0.25, 0.3) is 0 Å². The Morgan fingerprint density at radius 2 is 1.84 bits per heavy atom. The van der Waals surface area contributed by atoms with Gasteiger partial charge in [-0.05, 0) is 78.2 Å². The van der Waals surface area contributed by atoms with E-state index in [2.05, 4.69) is 21.2 Å². The number of hydrogen-bond acceptors (Lipinski definition) is 4. The molecular weight excluding hydrogens is 386 g/mol. The number of ether oxygens (including phenoxy) is 2. The largest absolute Gasteiger partial charge is 0.490 e. The topological polar surface area (TPSA) is 64.6 Å². The Balaban J connectivity index is 2.05. The maximum absolute atomic E-state index is 12.2. The summed E-state index contributed by atoms with van der Waals surface area (Å²) < 4.78 is 11.8. The van der Waals surface area contributed by atoms with Crippen LogP contribution < -0.4 is 14.8 Å². The first kappa shape index (κ1) is 19.0. The van der Waals surface area contributed by atoms with Crippen molar-refractivity contribution in [3.8, 4) is 11.5 Å². The predicted octanol–water partition coefficient (Wildman–Crippen LogP) is 4.29. The molecule has 2 rings (SSSR count). The van der Waals surface area contributed by atoms with Gasteiger partial charge < -0.3 is 14.8 Å². The lowest BCUT2D eigenvalue weighted by atomic mass is 10.1. The van der Waals surface area contributed by atoms with Crippen molar-refractivity contribution in [1.29, 1.82) is 0 Å². The second-order valence-electron chi connectivity index (χ2n) is 5.51. The van der Waals surface area contributed by atoms with Crippen LogP contribution in [0.5, 0.6) is 11.5 Å². The maximum atomic E-state index is 12.2. The number of hydrogen-bond donors (Lipinski definition) is 1. The number of halogens is 1. The molecule has 0 saturated heterocycles. The van der Waals surface area contributed by atoms with E-state index in [0.717, 1.165) is 21.9 Å². The molecular formula is C19H20BrNO4. The molecule has 0 aromatic heterocycles. The highest BCUT2D eigenvalue weighted by Gasteiger charge is 2.11. The number of rotatable bonds is 7. The molecule has 0 radical (unpaired) electrons. The van der Waals surface area contributed by atoms with Gasteiger partial charge in [0.2, 0.25) is 0 Å². The fourth-order valence-corrected chi connectivity index (χ4v) is 2.75. The molecule has 5 nitrogen and oxygen atoms in total. The Labute approximate surface area is 155 Å². The van der Waals surface area contributed by atoms with Crippen molar-refractivity contribution in [3.63, 3.8) is 0 Å². The van der Waals surface area contributed by atoms with Crippen LogP contribution in [0.1, 0.15) is 28.4 Å². The van der Waals surface area contributed by atoms with Crippen molar-refractivity contribution in [2.24, 2.45) is 0 Å². The van der Waals surface area contributed by atoms with Gasteiger partial charge in [0.05, 0.1) is 12.3 Å². The third-order valence-electron chi connectivity index (χ3n) is 3.62. The minimum Gasteiger partial charge on any atom is -0.490 e. The van der Waals surface area contributed by atoms with E-state index in [-0.39, 0.29) is 12.5 Å². The SMILES string of the molecule is CCOc1cc(C=O)ccc1OCC(=O)Nc1cc(C)c(C)cc1Br. The number of carbonyl (C=O) groups is 2. The Kier molecular flexibility index (Phi) is 6.58. The molecule has 1 amide bonds. The van der Waals surface area contributed by atoms with E-state index in [9.17, 15) is 9.59 Å². The van der Waals surface area contributed by atoms with Crippen molar-refractivity contribution in [3.05, 3.63) is 51.5 Å². The van der Waals surface area contributed by atoms with Gasteiger partial charge in [0.25, 0.3) is 5.91 Å². The summed E-state index contributed by atoms with van der Waals surface area (Å²) in [7, 11) is 0. The molecule has 0 bridgehead atoms. The number of aldehydes is 1. The van der Waals surface area contributed by atoms with Crippen molar-refractivity contribution >= 4 is 33.8 Å². The lowest BCUT2D eigenvalue weighted by Crippen LogP contribution is -2.20. The summed E-state index contributed by atoms with van der Waals surface area (Å²) >= 11 is 3.45. The molecule has 0 aliphatic rings.